The van der Waals surface area contributed by atoms with Crippen LogP contribution in [-0.4, -0.2) is 126 Å². The third-order valence-corrected chi connectivity index (χ3v) is 15.3. The van der Waals surface area contributed by atoms with E-state index in [0.29, 0.717) is 44.1 Å². The van der Waals surface area contributed by atoms with E-state index < -0.39 is 11.9 Å². The number of rotatable bonds is 24. The first-order valence-electron chi connectivity index (χ1n) is 31.6. The van der Waals surface area contributed by atoms with E-state index in [2.05, 4.69) is 45.6 Å². The molecule has 2 unspecified atom stereocenters. The number of carboxylic acid groups (broad SMARTS) is 2. The van der Waals surface area contributed by atoms with Crippen LogP contribution in [0.15, 0.2) is 60.9 Å². The topological polar surface area (TPSA) is 313 Å². The Bertz CT molecular complexity index is 3020. The van der Waals surface area contributed by atoms with Crippen LogP contribution in [0.1, 0.15) is 193 Å². The number of nitrogens with one attached hydrogen (secondary N) is 3. The fourth-order valence-corrected chi connectivity index (χ4v) is 10.8. The fourth-order valence-electron chi connectivity index (χ4n) is 10.6. The molecule has 2 saturated carbocycles. The Hall–Kier alpha value is -6.91. The first-order chi connectivity index (χ1) is 43.2. The molecule has 2 atom stereocenters. The number of anilines is 5. The summed E-state index contributed by atoms with van der Waals surface area (Å²) >= 11 is 6.17. The second-order valence-corrected chi connectivity index (χ2v) is 22.8. The Labute approximate surface area is 546 Å². The van der Waals surface area contributed by atoms with E-state index in [0.717, 1.165) is 186 Å². The molecule has 6 heterocycles. The number of fused-ring (bicyclic) bond motifs is 2. The maximum atomic E-state index is 11.2. The zero-order valence-electron chi connectivity index (χ0n) is 52.6. The summed E-state index contributed by atoms with van der Waals surface area (Å²) < 4.78 is 36.4. The average Bonchev–Trinajstić information content (AvgIpc) is 1.83. The number of carboxylic acids is 2. The summed E-state index contributed by atoms with van der Waals surface area (Å²) in [5, 5.41) is 36.8. The smallest absolute Gasteiger partial charge is 0.305 e. The molecule has 0 spiro atoms. The zero-order chi connectivity index (χ0) is 63.6. The Morgan fingerprint density at radius 2 is 0.978 bits per heavy atom. The van der Waals surface area contributed by atoms with Crippen LogP contribution in [0.4, 0.5) is 29.0 Å². The molecule has 4 aromatic heterocycles. The number of esters is 2. The molecule has 4 aliphatic rings. The van der Waals surface area contributed by atoms with Crippen molar-refractivity contribution in [3.05, 3.63) is 66.2 Å². The van der Waals surface area contributed by atoms with Crippen LogP contribution in [0.5, 0.6) is 11.5 Å². The molecule has 7 N–H and O–H groups in total. The second-order valence-electron chi connectivity index (χ2n) is 22.4. The molecule has 90 heavy (non-hydrogen) atoms. The third-order valence-electron chi connectivity index (χ3n) is 15.2. The van der Waals surface area contributed by atoms with Gasteiger partial charge in [0.1, 0.15) is 23.1 Å². The van der Waals surface area contributed by atoms with Crippen LogP contribution in [0, 0.1) is 0 Å². The van der Waals surface area contributed by atoms with Gasteiger partial charge in [-0.2, -0.15) is 30.1 Å². The third kappa shape index (κ3) is 26.9. The van der Waals surface area contributed by atoms with Crippen molar-refractivity contribution in [2.75, 3.05) is 62.3 Å². The van der Waals surface area contributed by atoms with Crippen molar-refractivity contribution in [2.45, 2.75) is 205 Å². The Morgan fingerprint density at radius 1 is 0.567 bits per heavy atom. The van der Waals surface area contributed by atoms with Crippen molar-refractivity contribution in [3.63, 3.8) is 0 Å². The Kier molecular flexibility index (Phi) is 34.0. The van der Waals surface area contributed by atoms with Gasteiger partial charge in [-0.3, -0.25) is 19.2 Å². The molecule has 4 fully saturated rings. The Balaban J connectivity index is 0.000000249. The van der Waals surface area contributed by atoms with E-state index in [4.69, 9.17) is 66.1 Å². The molecule has 2 saturated heterocycles. The van der Waals surface area contributed by atoms with Gasteiger partial charge >= 0.3 is 11.9 Å². The number of ether oxygens (including phenoxy) is 6. The van der Waals surface area contributed by atoms with Gasteiger partial charge in [-0.1, -0.05) is 64.2 Å². The number of nitrogens with zero attached hydrogens (tertiary/aromatic N) is 8. The normalized spacial score (nSPS) is 16.5. The molecule has 26 heteroatoms. The molecular weight excluding hydrogens is 1270 g/mol. The molecular formula is C64H93ClN12O12Pd. The van der Waals surface area contributed by atoms with Gasteiger partial charge in [-0.25, -0.2) is 9.36 Å². The first-order valence-corrected chi connectivity index (χ1v) is 32.0. The number of aliphatic carboxylic acids is 2. The summed E-state index contributed by atoms with van der Waals surface area (Å²) in [6.45, 7) is 5.04. The van der Waals surface area contributed by atoms with E-state index >= 15 is 0 Å². The van der Waals surface area contributed by atoms with Gasteiger partial charge in [0.05, 0.1) is 50.6 Å². The zero-order valence-corrected chi connectivity index (χ0v) is 54.9. The van der Waals surface area contributed by atoms with Crippen molar-refractivity contribution in [2.24, 2.45) is 0 Å². The molecule has 24 nitrogen and oxygen atoms in total. The van der Waals surface area contributed by atoms with Gasteiger partial charge < -0.3 is 60.3 Å². The van der Waals surface area contributed by atoms with Gasteiger partial charge in [-0.15, -0.1) is 0 Å². The van der Waals surface area contributed by atoms with Crippen LogP contribution in [0.3, 0.4) is 0 Å². The van der Waals surface area contributed by atoms with Crippen LogP contribution >= 0.6 is 11.6 Å². The summed E-state index contributed by atoms with van der Waals surface area (Å²) in [7, 11) is 2.85. The number of aromatic nitrogens is 8. The number of carbonyl (C=O) groups is 4. The second kappa shape index (κ2) is 41.5. The summed E-state index contributed by atoms with van der Waals surface area (Å²) in [4.78, 5) is 58.6. The van der Waals surface area contributed by atoms with E-state index in [1.54, 1.807) is 0 Å². The number of methoxy groups -OCH3 is 2. The van der Waals surface area contributed by atoms with Crippen molar-refractivity contribution >= 4 is 86.5 Å². The predicted octanol–water partition coefficient (Wildman–Crippen LogP) is 13.4. The van der Waals surface area contributed by atoms with Crippen molar-refractivity contribution < 1.29 is 78.2 Å². The van der Waals surface area contributed by atoms with Crippen LogP contribution in [0.25, 0.3) is 22.1 Å². The summed E-state index contributed by atoms with van der Waals surface area (Å²) in [6.07, 6.45) is 31.0. The van der Waals surface area contributed by atoms with Crippen LogP contribution < -0.4 is 31.2 Å². The predicted molar refractivity (Wildman–Crippen MR) is 343 cm³/mol. The van der Waals surface area contributed by atoms with Gasteiger partial charge in [0.25, 0.3) is 11.9 Å². The molecule has 498 valence electrons. The fraction of sp³-hybridized carbons (Fsp3) is 0.594. The minimum absolute atomic E-state index is 0. The molecule has 2 aromatic carbocycles. The molecule has 10 rings (SSSR count). The Morgan fingerprint density at radius 3 is 1.41 bits per heavy atom. The summed E-state index contributed by atoms with van der Waals surface area (Å²) in [5.74, 6) is 1.89. The number of unbranched alkanes of at least 4 members (excludes halogenated alkanes) is 6. The van der Waals surface area contributed by atoms with E-state index in [-0.39, 0.29) is 50.1 Å². The van der Waals surface area contributed by atoms with E-state index in [1.165, 1.54) is 65.6 Å². The monoisotopic (exact) mass is 1360 g/mol. The number of nitrogens with two attached hydrogens (primary N) is 1. The maximum absolute atomic E-state index is 11.2. The summed E-state index contributed by atoms with van der Waals surface area (Å²) in [5.41, 5.74) is 8.75. The van der Waals surface area contributed by atoms with Crippen molar-refractivity contribution in [1.82, 2.24) is 39.5 Å². The number of carbonyl (C=O) groups excluding carboxylic acids is 2. The summed E-state index contributed by atoms with van der Waals surface area (Å²) in [6, 6.07) is 16.1. The van der Waals surface area contributed by atoms with Crippen LogP contribution in [0.2, 0.25) is 5.28 Å². The van der Waals surface area contributed by atoms with Crippen molar-refractivity contribution in [3.8, 4) is 11.5 Å². The number of benzene rings is 2. The number of hydrogen-bond donors (Lipinski definition) is 6. The number of halogens is 1. The minimum Gasteiger partial charge on any atom is -0.494 e. The quantitative estimate of drug-likeness (QED) is 0.0108. The standard InChI is InChI=1S/C30H42N6O4.C16H22ClN5O.C14H21NO3.2C2H4O2.Pd/c1-38-27(37)14-7-2-3-9-19-39-24-17-15-23(16-18-24)33-30-34-28(32-22-11-5-4-6-12-22)25-21-31-36(29(25)35-30)26-13-8-10-20-40-26;17-16-20-14(19-11-6-2-1-3-7-11)12-10-18-22(15(12)21-16)13-8-4-5-9-23-13;1-17-14(16)6-4-2-3-5-11-18-13-9-7-12(15)8-10-13;2*1-2(3)4;/h15-18,21-22,26H,2-14,19-20H2,1H3,(H2,32,33,34,35);10-11,13H,1-9H2,(H,19,20,21);7-10H,2-6,11,15H2,1H3;2*1H3,(H,3,4);. The maximum Gasteiger partial charge on any atom is 0.305 e. The molecule has 0 radical (unpaired) electrons. The molecule has 2 aliphatic heterocycles. The molecule has 2 aliphatic carbocycles. The van der Waals surface area contributed by atoms with E-state index in [9.17, 15) is 9.59 Å². The van der Waals surface area contributed by atoms with Gasteiger partial charge in [-0.05, 0) is 150 Å². The first kappa shape index (κ1) is 73.8. The van der Waals surface area contributed by atoms with Crippen LogP contribution in [-0.2, 0) is 58.5 Å². The van der Waals surface area contributed by atoms with E-state index in [1.807, 2.05) is 70.3 Å². The average molecular weight is 1360 g/mol. The van der Waals surface area contributed by atoms with Crippen molar-refractivity contribution in [1.29, 1.82) is 0 Å². The largest absolute Gasteiger partial charge is 0.494 e. The van der Waals surface area contributed by atoms with Gasteiger partial charge in [0.2, 0.25) is 11.2 Å². The number of hydrogen-bond acceptors (Lipinski definition) is 20. The van der Waals surface area contributed by atoms with Gasteiger partial charge in [0, 0.05) is 83.8 Å². The minimum atomic E-state index is -0.833. The molecule has 6 aromatic rings. The SMILES string of the molecule is CC(=O)O.CC(=O)O.COC(=O)CCCCCCOc1ccc(N)cc1.COC(=O)CCCCCCOc1ccc(Nc2nc(NC3CCCCC3)c3cnn(C4CCCCO4)c3n2)cc1.Clc1nc(NC2CCCCC2)c2cnn(C3CCCCO3)c2n1.[Pd]. The molecule has 0 amide bonds. The molecule has 0 bridgehead atoms. The van der Waals surface area contributed by atoms with Gasteiger partial charge in [0.15, 0.2) is 23.8 Å². The number of nitrogen functional groups attached to an aromatic ring is 1.